The summed E-state index contributed by atoms with van der Waals surface area (Å²) in [5.41, 5.74) is 0. The smallest absolute Gasteiger partial charge is 0.241 e. The van der Waals surface area contributed by atoms with E-state index in [0.717, 1.165) is 31.1 Å². The summed E-state index contributed by atoms with van der Waals surface area (Å²) in [6, 6.07) is 1.88. The molecule has 1 heterocycles. The fraction of sp³-hybridized carbons (Fsp3) is 0.615. The maximum absolute atomic E-state index is 11.8. The number of nitrogens with zero attached hydrogens (tertiary/aromatic N) is 4. The van der Waals surface area contributed by atoms with Gasteiger partial charge in [-0.05, 0) is 13.3 Å². The topological polar surface area (TPSA) is 61.4 Å². The van der Waals surface area contributed by atoms with Crippen molar-refractivity contribution in [2.45, 2.75) is 20.3 Å². The Hall–Kier alpha value is -1.85. The molecule has 0 bridgehead atoms. The van der Waals surface area contributed by atoms with Gasteiger partial charge in [-0.1, -0.05) is 6.92 Å². The van der Waals surface area contributed by atoms with Gasteiger partial charge in [-0.3, -0.25) is 4.79 Å². The van der Waals surface area contributed by atoms with Crippen molar-refractivity contribution in [1.82, 2.24) is 14.9 Å². The van der Waals surface area contributed by atoms with Crippen molar-refractivity contribution in [2.75, 3.05) is 43.9 Å². The normalized spacial score (nSPS) is 10.1. The molecule has 6 heteroatoms. The minimum atomic E-state index is 0.0667. The van der Waals surface area contributed by atoms with Crippen molar-refractivity contribution < 1.29 is 4.79 Å². The summed E-state index contributed by atoms with van der Waals surface area (Å²) in [6.45, 7) is 6.03. The van der Waals surface area contributed by atoms with E-state index in [1.165, 1.54) is 6.33 Å². The van der Waals surface area contributed by atoms with Gasteiger partial charge in [0.05, 0.1) is 6.54 Å². The summed E-state index contributed by atoms with van der Waals surface area (Å²) in [5, 5.41) is 3.15. The standard InChI is InChI=1S/C13H23N5O/c1-5-7-18(9-13(19)17(3)4)12-8-11(14-6-2)15-10-16-12/h8,10H,5-7,9H2,1-4H3,(H,14,15,16). The van der Waals surface area contributed by atoms with Crippen LogP contribution in [0.4, 0.5) is 11.6 Å². The van der Waals surface area contributed by atoms with Crippen LogP contribution in [0.15, 0.2) is 12.4 Å². The molecule has 1 aromatic heterocycles. The first-order valence-electron chi connectivity index (χ1n) is 6.59. The van der Waals surface area contributed by atoms with Crippen molar-refractivity contribution in [3.63, 3.8) is 0 Å². The van der Waals surface area contributed by atoms with Crippen LogP contribution in [-0.4, -0.2) is 54.5 Å². The van der Waals surface area contributed by atoms with Crippen molar-refractivity contribution in [2.24, 2.45) is 0 Å². The number of anilines is 2. The third kappa shape index (κ3) is 4.73. The van der Waals surface area contributed by atoms with Gasteiger partial charge in [0, 0.05) is 33.3 Å². The molecule has 0 unspecified atom stereocenters. The second-order valence-corrected chi connectivity index (χ2v) is 4.50. The summed E-state index contributed by atoms with van der Waals surface area (Å²) in [4.78, 5) is 23.8. The number of likely N-dealkylation sites (N-methyl/N-ethyl adjacent to an activating group) is 1. The summed E-state index contributed by atoms with van der Waals surface area (Å²) in [5.74, 6) is 1.63. The summed E-state index contributed by atoms with van der Waals surface area (Å²) < 4.78 is 0. The van der Waals surface area contributed by atoms with Gasteiger partial charge >= 0.3 is 0 Å². The van der Waals surface area contributed by atoms with Gasteiger partial charge in [0.2, 0.25) is 5.91 Å². The van der Waals surface area contributed by atoms with E-state index in [0.29, 0.717) is 6.54 Å². The molecule has 1 rings (SSSR count). The zero-order valence-corrected chi connectivity index (χ0v) is 12.2. The Balaban J connectivity index is 2.85. The van der Waals surface area contributed by atoms with E-state index in [2.05, 4.69) is 22.2 Å². The third-order valence-electron chi connectivity index (χ3n) is 2.65. The molecule has 0 atom stereocenters. The van der Waals surface area contributed by atoms with Crippen LogP contribution in [0, 0.1) is 0 Å². The Labute approximate surface area is 114 Å². The van der Waals surface area contributed by atoms with E-state index >= 15 is 0 Å². The molecule has 0 aliphatic heterocycles. The SMILES string of the molecule is CCCN(CC(=O)N(C)C)c1cc(NCC)ncn1. The predicted octanol–water partition coefficient (Wildman–Crippen LogP) is 1.21. The van der Waals surface area contributed by atoms with Crippen LogP contribution in [0.2, 0.25) is 0 Å². The highest BCUT2D eigenvalue weighted by Crippen LogP contribution is 2.14. The van der Waals surface area contributed by atoms with Crippen LogP contribution in [0.3, 0.4) is 0 Å². The Morgan fingerprint density at radius 2 is 2.05 bits per heavy atom. The first-order chi connectivity index (χ1) is 9.08. The second kappa shape index (κ2) is 7.56. The largest absolute Gasteiger partial charge is 0.370 e. The molecule has 0 saturated heterocycles. The van der Waals surface area contributed by atoms with Crippen molar-refractivity contribution >= 4 is 17.5 Å². The molecule has 6 nitrogen and oxygen atoms in total. The highest BCUT2D eigenvalue weighted by atomic mass is 16.2. The first-order valence-corrected chi connectivity index (χ1v) is 6.59. The molecule has 1 amide bonds. The average Bonchev–Trinajstić information content (AvgIpc) is 2.38. The van der Waals surface area contributed by atoms with Crippen LogP contribution in [-0.2, 0) is 4.79 Å². The number of carbonyl (C=O) groups excluding carboxylic acids is 1. The lowest BCUT2D eigenvalue weighted by Crippen LogP contribution is -2.37. The zero-order chi connectivity index (χ0) is 14.3. The van der Waals surface area contributed by atoms with Crippen molar-refractivity contribution in [3.8, 4) is 0 Å². The average molecular weight is 265 g/mol. The molecule has 0 aliphatic carbocycles. The van der Waals surface area contributed by atoms with Gasteiger partial charge < -0.3 is 15.1 Å². The number of rotatable bonds is 7. The zero-order valence-electron chi connectivity index (χ0n) is 12.2. The number of nitrogens with one attached hydrogen (secondary N) is 1. The Bertz CT molecular complexity index is 408. The minimum absolute atomic E-state index is 0.0667. The lowest BCUT2D eigenvalue weighted by Gasteiger charge is -2.24. The van der Waals surface area contributed by atoms with Gasteiger partial charge in [0.15, 0.2) is 0 Å². The molecule has 0 saturated carbocycles. The van der Waals surface area contributed by atoms with Crippen molar-refractivity contribution in [3.05, 3.63) is 12.4 Å². The van der Waals surface area contributed by atoms with Crippen molar-refractivity contribution in [1.29, 1.82) is 0 Å². The molecule has 19 heavy (non-hydrogen) atoms. The lowest BCUT2D eigenvalue weighted by molar-refractivity contribution is -0.127. The Kier molecular flexibility index (Phi) is 6.05. The van der Waals surface area contributed by atoms with Crippen LogP contribution in [0.25, 0.3) is 0 Å². The molecule has 106 valence electrons. The van der Waals surface area contributed by atoms with Crippen LogP contribution in [0.1, 0.15) is 20.3 Å². The Morgan fingerprint density at radius 1 is 1.32 bits per heavy atom. The van der Waals surface area contributed by atoms with Crippen LogP contribution >= 0.6 is 0 Å². The molecule has 0 radical (unpaired) electrons. The fourth-order valence-electron chi connectivity index (χ4n) is 1.65. The van der Waals surface area contributed by atoms with Gasteiger partial charge in [0.25, 0.3) is 0 Å². The molecule has 0 aliphatic rings. The lowest BCUT2D eigenvalue weighted by atomic mass is 10.3. The molecule has 1 N–H and O–H groups in total. The highest BCUT2D eigenvalue weighted by molar-refractivity contribution is 5.80. The van der Waals surface area contributed by atoms with E-state index < -0.39 is 0 Å². The summed E-state index contributed by atoms with van der Waals surface area (Å²) >= 11 is 0. The molecular weight excluding hydrogens is 242 g/mol. The number of hydrogen-bond donors (Lipinski definition) is 1. The van der Waals surface area contributed by atoms with E-state index in [4.69, 9.17) is 0 Å². The minimum Gasteiger partial charge on any atom is -0.370 e. The first kappa shape index (κ1) is 15.2. The number of aromatic nitrogens is 2. The maximum Gasteiger partial charge on any atom is 0.241 e. The fourth-order valence-corrected chi connectivity index (χ4v) is 1.65. The quantitative estimate of drug-likeness (QED) is 0.803. The molecule has 1 aromatic rings. The van der Waals surface area contributed by atoms with Gasteiger partial charge in [0.1, 0.15) is 18.0 Å². The second-order valence-electron chi connectivity index (χ2n) is 4.50. The van der Waals surface area contributed by atoms with Crippen LogP contribution in [0.5, 0.6) is 0 Å². The molecule has 0 aromatic carbocycles. The summed E-state index contributed by atoms with van der Waals surface area (Å²) in [7, 11) is 3.52. The molecule has 0 fully saturated rings. The number of amides is 1. The Morgan fingerprint density at radius 3 is 2.63 bits per heavy atom. The third-order valence-corrected chi connectivity index (χ3v) is 2.65. The van der Waals surface area contributed by atoms with E-state index in [1.807, 2.05) is 17.9 Å². The molecular formula is C13H23N5O. The van der Waals surface area contributed by atoms with E-state index in [-0.39, 0.29) is 5.91 Å². The van der Waals surface area contributed by atoms with Gasteiger partial charge in [-0.2, -0.15) is 0 Å². The van der Waals surface area contributed by atoms with Gasteiger partial charge in [-0.15, -0.1) is 0 Å². The van der Waals surface area contributed by atoms with Crippen LogP contribution < -0.4 is 10.2 Å². The molecule has 0 spiro atoms. The maximum atomic E-state index is 11.8. The predicted molar refractivity (Wildman–Crippen MR) is 77.4 cm³/mol. The highest BCUT2D eigenvalue weighted by Gasteiger charge is 2.14. The number of carbonyl (C=O) groups is 1. The number of hydrogen-bond acceptors (Lipinski definition) is 5. The van der Waals surface area contributed by atoms with E-state index in [9.17, 15) is 4.79 Å². The van der Waals surface area contributed by atoms with Gasteiger partial charge in [-0.25, -0.2) is 9.97 Å². The summed E-state index contributed by atoms with van der Waals surface area (Å²) in [6.07, 6.45) is 2.48. The van der Waals surface area contributed by atoms with E-state index in [1.54, 1.807) is 19.0 Å². The monoisotopic (exact) mass is 265 g/mol.